The van der Waals surface area contributed by atoms with E-state index >= 15 is 0 Å². The molecule has 0 aliphatic carbocycles. The van der Waals surface area contributed by atoms with Gasteiger partial charge in [-0.25, -0.2) is 14.4 Å². The lowest BCUT2D eigenvalue weighted by atomic mass is 10.1. The number of amides is 1. The lowest BCUT2D eigenvalue weighted by molar-refractivity contribution is -0.384. The summed E-state index contributed by atoms with van der Waals surface area (Å²) in [6.45, 7) is 0. The summed E-state index contributed by atoms with van der Waals surface area (Å²) >= 11 is 0. The molecule has 0 aliphatic heterocycles. The number of nitro benzene ring substituents is 1. The minimum Gasteiger partial charge on any atom is -0.495 e. The number of carbonyl (C=O) groups is 4. The normalized spacial score (nSPS) is 9.86. The Morgan fingerprint density at radius 1 is 0.591 bits per heavy atom. The number of hydrogen-bond acceptors (Lipinski definition) is 15. The van der Waals surface area contributed by atoms with Crippen molar-refractivity contribution in [2.75, 3.05) is 62.4 Å². The third kappa shape index (κ3) is 17.0. The van der Waals surface area contributed by atoms with Gasteiger partial charge in [0.1, 0.15) is 11.5 Å². The number of carboxylic acid groups (broad SMARTS) is 1. The van der Waals surface area contributed by atoms with E-state index in [1.807, 2.05) is 30.3 Å². The van der Waals surface area contributed by atoms with Crippen LogP contribution in [-0.4, -0.2) is 62.3 Å². The van der Waals surface area contributed by atoms with Crippen molar-refractivity contribution in [3.63, 3.8) is 0 Å². The number of halogens is 3. The number of non-ortho nitro benzene ring substituents is 1. The van der Waals surface area contributed by atoms with Crippen molar-refractivity contribution in [3.05, 3.63) is 171 Å². The molecule has 18 nitrogen and oxygen atoms in total. The lowest BCUT2D eigenvalue weighted by Gasteiger charge is -2.08. The summed E-state index contributed by atoms with van der Waals surface area (Å²) in [5, 5.41) is 21.5. The van der Waals surface area contributed by atoms with Crippen molar-refractivity contribution in [2.24, 2.45) is 0 Å². The maximum absolute atomic E-state index is 12.0. The van der Waals surface area contributed by atoms with Crippen LogP contribution in [-0.2, 0) is 15.7 Å². The van der Waals surface area contributed by atoms with Crippen molar-refractivity contribution in [3.8, 4) is 11.5 Å². The number of methoxy groups -OCH3 is 4. The molecule has 0 saturated heterocycles. The number of alkyl halides is 3. The van der Waals surface area contributed by atoms with Crippen LogP contribution in [0.5, 0.6) is 11.5 Å². The Labute approximate surface area is 375 Å². The summed E-state index contributed by atoms with van der Waals surface area (Å²) in [6, 6.07) is 33.8. The van der Waals surface area contributed by atoms with Gasteiger partial charge in [0.2, 0.25) is 0 Å². The number of carboxylic acids is 1. The van der Waals surface area contributed by atoms with Crippen molar-refractivity contribution in [2.45, 2.75) is 6.18 Å². The Morgan fingerprint density at radius 3 is 1.48 bits per heavy atom. The second kappa shape index (κ2) is 25.8. The van der Waals surface area contributed by atoms with Crippen molar-refractivity contribution >= 4 is 63.6 Å². The van der Waals surface area contributed by atoms with E-state index in [0.717, 1.165) is 11.8 Å². The van der Waals surface area contributed by atoms with Crippen molar-refractivity contribution in [1.82, 2.24) is 0 Å². The van der Waals surface area contributed by atoms with Crippen LogP contribution >= 0.6 is 0 Å². The molecule has 0 aromatic heterocycles. The number of nitrogens with zero attached hydrogens (tertiary/aromatic N) is 1. The highest BCUT2D eigenvalue weighted by atomic mass is 19.4. The average Bonchev–Trinajstić information content (AvgIpc) is 3.29. The van der Waals surface area contributed by atoms with Crippen molar-refractivity contribution < 1.29 is 61.3 Å². The van der Waals surface area contributed by atoms with E-state index in [9.17, 15) is 42.5 Å². The average molecular weight is 918 g/mol. The number of benzene rings is 6. The molecule has 348 valence electrons. The maximum atomic E-state index is 12.0. The first kappa shape index (κ1) is 53.1. The van der Waals surface area contributed by atoms with E-state index in [0.29, 0.717) is 34.1 Å². The molecule has 1 amide bonds. The standard InChI is InChI=1S/C14H14N2O2.C10H11NO4.C7H6F3N.C7H8N2O3.C7H7NO2/c1-18-13-8-7-10(9-12(13)15)14(17)16-11-5-3-2-4-6-11;1-14-9(12)6-3-7(10(13)15-2)5-8(11)4-6;8-7(9,10)5-3-1-2-4-6(5)11;1-12-7-3-2-5(9(10)11)4-6(7)8;8-6-4-2-1-3-5(6)7(9)10/h2-9H,15H2,1H3,(H,16,17);3-5H,11H2,1-2H3;1-4H,11H2;2-4H,8H2,1H3;1-4H,8H2,(H,9,10). The number of nitro groups is 1. The van der Waals surface area contributed by atoms with Crippen LogP contribution < -0.4 is 43.5 Å². The summed E-state index contributed by atoms with van der Waals surface area (Å²) < 4.78 is 54.8. The minimum atomic E-state index is -4.34. The number of aromatic carboxylic acids is 1. The van der Waals surface area contributed by atoms with Crippen LogP contribution in [0.1, 0.15) is 47.0 Å². The fourth-order valence-electron chi connectivity index (χ4n) is 5.01. The molecule has 0 fully saturated rings. The van der Waals surface area contributed by atoms with E-state index < -0.39 is 34.6 Å². The number of nitrogens with two attached hydrogens (primary N) is 5. The second-order valence-electron chi connectivity index (χ2n) is 12.8. The largest absolute Gasteiger partial charge is 0.495 e. The zero-order chi connectivity index (χ0) is 49.6. The Hall–Kier alpha value is -9.01. The quantitative estimate of drug-likeness (QED) is 0.0331. The molecule has 0 atom stereocenters. The fraction of sp³-hybridized carbons (Fsp3) is 0.111. The number of ether oxygens (including phenoxy) is 4. The highest BCUT2D eigenvalue weighted by molar-refractivity contribution is 6.05. The van der Waals surface area contributed by atoms with Gasteiger partial charge in [-0.05, 0) is 78.9 Å². The third-order valence-electron chi connectivity index (χ3n) is 8.20. The zero-order valence-corrected chi connectivity index (χ0v) is 35.7. The summed E-state index contributed by atoms with van der Waals surface area (Å²) in [5.74, 6) is -1.28. The SMILES string of the molecule is COC(=O)c1cc(N)cc(C(=O)OC)c1.COc1ccc(C(=O)Nc2ccccc2)cc1N.COc1ccc([N+](=O)[O-])cc1N.Nc1ccccc1C(=O)O.Nc1ccccc1C(F)(F)F. The number of anilines is 6. The van der Waals surface area contributed by atoms with E-state index in [2.05, 4.69) is 14.8 Å². The monoisotopic (exact) mass is 917 g/mol. The zero-order valence-electron chi connectivity index (χ0n) is 35.7. The van der Waals surface area contributed by atoms with Gasteiger partial charge in [-0.2, -0.15) is 13.2 Å². The van der Waals surface area contributed by atoms with Gasteiger partial charge < -0.3 is 58.0 Å². The predicted octanol–water partition coefficient (Wildman–Crippen LogP) is 7.81. The molecule has 12 N–H and O–H groups in total. The summed E-state index contributed by atoms with van der Waals surface area (Å²) in [4.78, 5) is 54.5. The maximum Gasteiger partial charge on any atom is 0.418 e. The summed E-state index contributed by atoms with van der Waals surface area (Å²) in [5.41, 5.74) is 29.3. The number of esters is 2. The van der Waals surface area contributed by atoms with Gasteiger partial charge in [-0.3, -0.25) is 14.9 Å². The summed E-state index contributed by atoms with van der Waals surface area (Å²) in [6.07, 6.45) is -4.34. The van der Waals surface area contributed by atoms with Gasteiger partial charge in [0.15, 0.2) is 0 Å². The summed E-state index contributed by atoms with van der Waals surface area (Å²) in [7, 11) is 5.50. The molecule has 0 aliphatic rings. The second-order valence-corrected chi connectivity index (χ2v) is 12.8. The first-order chi connectivity index (χ1) is 31.2. The lowest BCUT2D eigenvalue weighted by Crippen LogP contribution is -2.12. The topological polar surface area (TPSA) is 311 Å². The molecular weight excluding hydrogens is 872 g/mol. The Balaban J connectivity index is 0.000000288. The molecule has 0 saturated carbocycles. The highest BCUT2D eigenvalue weighted by Gasteiger charge is 2.32. The predicted molar refractivity (Wildman–Crippen MR) is 243 cm³/mol. The molecule has 6 rings (SSSR count). The molecule has 0 spiro atoms. The number of para-hydroxylation sites is 3. The van der Waals surface area contributed by atoms with Crippen LogP contribution in [0.3, 0.4) is 0 Å². The number of rotatable bonds is 8. The van der Waals surface area contributed by atoms with Crippen LogP contribution in [0.4, 0.5) is 53.0 Å². The van der Waals surface area contributed by atoms with Crippen LogP contribution in [0.15, 0.2) is 133 Å². The third-order valence-corrected chi connectivity index (χ3v) is 8.20. The molecule has 0 heterocycles. The molecular formula is C45H46F3N7O11. The first-order valence-corrected chi connectivity index (χ1v) is 18.6. The molecule has 0 bridgehead atoms. The first-order valence-electron chi connectivity index (χ1n) is 18.6. The smallest absolute Gasteiger partial charge is 0.418 e. The molecule has 6 aromatic carbocycles. The molecule has 6 aromatic rings. The van der Waals surface area contributed by atoms with Crippen LogP contribution in [0.25, 0.3) is 0 Å². The Kier molecular flexibility index (Phi) is 20.8. The van der Waals surface area contributed by atoms with Crippen LogP contribution in [0, 0.1) is 10.1 Å². The van der Waals surface area contributed by atoms with E-state index in [1.165, 1.54) is 89.1 Å². The number of carbonyl (C=O) groups excluding carboxylic acids is 3. The van der Waals surface area contributed by atoms with Gasteiger partial charge in [-0.15, -0.1) is 0 Å². The number of hydrogen-bond donors (Lipinski definition) is 7. The van der Waals surface area contributed by atoms with Gasteiger partial charge in [-0.1, -0.05) is 42.5 Å². The van der Waals surface area contributed by atoms with E-state index in [4.69, 9.17) is 43.2 Å². The Bertz CT molecular complexity index is 2560. The van der Waals surface area contributed by atoms with Crippen molar-refractivity contribution in [1.29, 1.82) is 0 Å². The molecule has 66 heavy (non-hydrogen) atoms. The number of nitrogens with one attached hydrogen (secondary N) is 1. The van der Waals surface area contributed by atoms with Gasteiger partial charge in [0, 0.05) is 40.4 Å². The van der Waals surface area contributed by atoms with Gasteiger partial charge in [0.25, 0.3) is 11.6 Å². The van der Waals surface area contributed by atoms with E-state index in [-0.39, 0.29) is 39.7 Å². The van der Waals surface area contributed by atoms with Crippen LogP contribution in [0.2, 0.25) is 0 Å². The Morgan fingerprint density at radius 2 is 1.08 bits per heavy atom. The molecule has 21 heteroatoms. The van der Waals surface area contributed by atoms with Gasteiger partial charge >= 0.3 is 24.1 Å². The molecule has 0 unspecified atom stereocenters. The van der Waals surface area contributed by atoms with E-state index in [1.54, 1.807) is 36.4 Å². The fourth-order valence-corrected chi connectivity index (χ4v) is 5.01. The number of nitrogen functional groups attached to an aromatic ring is 5. The highest BCUT2D eigenvalue weighted by Crippen LogP contribution is 2.33. The molecule has 0 radical (unpaired) electrons. The minimum absolute atomic E-state index is 0.0340. The van der Waals surface area contributed by atoms with Gasteiger partial charge in [0.05, 0.1) is 67.0 Å².